The van der Waals surface area contributed by atoms with Gasteiger partial charge in [-0.1, -0.05) is 0 Å². The van der Waals surface area contributed by atoms with E-state index in [2.05, 4.69) is 30.9 Å². The molecule has 0 fully saturated rings. The monoisotopic (exact) mass is 314 g/mol. The van der Waals surface area contributed by atoms with Gasteiger partial charge >= 0.3 is 0 Å². The van der Waals surface area contributed by atoms with Gasteiger partial charge in [-0.15, -0.1) is 0 Å². The maximum atomic E-state index is 13.1. The molecule has 0 aliphatic carbocycles. The average molecular weight is 315 g/mol. The Morgan fingerprint density at radius 3 is 2.33 bits per heavy atom. The summed E-state index contributed by atoms with van der Waals surface area (Å²) >= 11 is 5.79. The van der Waals surface area contributed by atoms with Crippen LogP contribution in [0, 0.1) is 11.6 Å². The van der Waals surface area contributed by atoms with Gasteiger partial charge in [-0.3, -0.25) is 0 Å². The van der Waals surface area contributed by atoms with Crippen LogP contribution in [0.25, 0.3) is 0 Å². The van der Waals surface area contributed by atoms with Gasteiger partial charge < -0.3 is 16.0 Å². The van der Waals surface area contributed by atoms with Gasteiger partial charge in [0.1, 0.15) is 11.6 Å². The van der Waals surface area contributed by atoms with Crippen LogP contribution in [-0.2, 0) is 0 Å². The second-order valence-electron chi connectivity index (χ2n) is 4.07. The molecule has 2 rings (SSSR count). The number of anilines is 3. The highest BCUT2D eigenvalue weighted by molar-refractivity contribution is 6.28. The first kappa shape index (κ1) is 15.3. The highest BCUT2D eigenvalue weighted by Gasteiger charge is 2.07. The molecule has 21 heavy (non-hydrogen) atoms. The average Bonchev–Trinajstić information content (AvgIpc) is 2.37. The van der Waals surface area contributed by atoms with E-state index in [-0.39, 0.29) is 22.9 Å². The van der Waals surface area contributed by atoms with Crippen molar-refractivity contribution in [3.05, 3.63) is 35.1 Å². The van der Waals surface area contributed by atoms with Gasteiger partial charge in [-0.25, -0.2) is 8.78 Å². The van der Waals surface area contributed by atoms with Crippen LogP contribution in [0.2, 0.25) is 5.28 Å². The summed E-state index contributed by atoms with van der Waals surface area (Å²) in [6.07, 6.45) is 0. The lowest BCUT2D eigenvalue weighted by molar-refractivity contribution is 0.584. The summed E-state index contributed by atoms with van der Waals surface area (Å²) < 4.78 is 26.2. The minimum Gasteiger partial charge on any atom is -0.353 e. The predicted molar refractivity (Wildman–Crippen MR) is 76.9 cm³/mol. The number of aromatic nitrogens is 3. The smallest absolute Gasteiger partial charge is 0.233 e. The zero-order valence-corrected chi connectivity index (χ0v) is 11.9. The first-order chi connectivity index (χ1) is 10.1. The predicted octanol–water partition coefficient (Wildman–Crippen LogP) is 2.18. The van der Waals surface area contributed by atoms with E-state index < -0.39 is 11.6 Å². The van der Waals surface area contributed by atoms with Crippen molar-refractivity contribution >= 4 is 29.2 Å². The van der Waals surface area contributed by atoms with Gasteiger partial charge in [0, 0.05) is 24.8 Å². The molecule has 0 saturated heterocycles. The minimum absolute atomic E-state index is 0.0312. The number of hydrogen-bond acceptors (Lipinski definition) is 6. The Hall–Kier alpha value is -2.06. The minimum atomic E-state index is -0.704. The molecule has 1 heterocycles. The van der Waals surface area contributed by atoms with Crippen LogP contribution in [0.3, 0.4) is 0 Å². The molecule has 6 nitrogen and oxygen atoms in total. The second-order valence-corrected chi connectivity index (χ2v) is 4.40. The molecule has 1 aromatic carbocycles. The number of nitrogens with one attached hydrogen (secondary N) is 3. The fraction of sp³-hybridized carbons (Fsp3) is 0.250. The SMILES string of the molecule is CNCCNc1nc(Cl)nc(Nc2cc(F)cc(F)c2)n1. The quantitative estimate of drug-likeness (QED) is 0.710. The van der Waals surface area contributed by atoms with E-state index in [1.165, 1.54) is 0 Å². The van der Waals surface area contributed by atoms with Gasteiger partial charge in [-0.05, 0) is 30.8 Å². The highest BCUT2D eigenvalue weighted by atomic mass is 35.5. The van der Waals surface area contributed by atoms with Crippen molar-refractivity contribution in [2.75, 3.05) is 30.8 Å². The molecule has 0 atom stereocenters. The van der Waals surface area contributed by atoms with E-state index in [1.54, 1.807) is 0 Å². The Labute approximate surface area is 125 Å². The summed E-state index contributed by atoms with van der Waals surface area (Å²) in [7, 11) is 1.81. The number of halogens is 3. The summed E-state index contributed by atoms with van der Waals surface area (Å²) in [6, 6.07) is 3.01. The van der Waals surface area contributed by atoms with Crippen molar-refractivity contribution in [2.45, 2.75) is 0 Å². The molecule has 0 aliphatic heterocycles. The molecule has 2 aromatic rings. The third-order valence-electron chi connectivity index (χ3n) is 2.38. The number of hydrogen-bond donors (Lipinski definition) is 3. The molecule has 0 unspecified atom stereocenters. The summed E-state index contributed by atoms with van der Waals surface area (Å²) in [5, 5.41) is 8.54. The lowest BCUT2D eigenvalue weighted by Gasteiger charge is -2.08. The zero-order valence-electron chi connectivity index (χ0n) is 11.1. The Morgan fingerprint density at radius 1 is 1.00 bits per heavy atom. The van der Waals surface area contributed by atoms with Crippen molar-refractivity contribution in [2.24, 2.45) is 0 Å². The van der Waals surface area contributed by atoms with Crippen molar-refractivity contribution in [3.63, 3.8) is 0 Å². The summed E-state index contributed by atoms with van der Waals surface area (Å²) in [4.78, 5) is 11.8. The lowest BCUT2D eigenvalue weighted by atomic mass is 10.3. The molecule has 0 amide bonds. The zero-order chi connectivity index (χ0) is 15.2. The molecule has 1 aromatic heterocycles. The number of rotatable bonds is 6. The first-order valence-corrected chi connectivity index (χ1v) is 6.48. The van der Waals surface area contributed by atoms with E-state index in [1.807, 2.05) is 7.05 Å². The maximum absolute atomic E-state index is 13.1. The number of nitrogens with zero attached hydrogens (tertiary/aromatic N) is 3. The lowest BCUT2D eigenvalue weighted by Crippen LogP contribution is -2.19. The Balaban J connectivity index is 2.15. The van der Waals surface area contributed by atoms with E-state index >= 15 is 0 Å². The van der Waals surface area contributed by atoms with E-state index in [0.717, 1.165) is 18.2 Å². The van der Waals surface area contributed by atoms with Crippen LogP contribution in [0.1, 0.15) is 0 Å². The van der Waals surface area contributed by atoms with Crippen molar-refractivity contribution in [1.82, 2.24) is 20.3 Å². The van der Waals surface area contributed by atoms with E-state index in [0.29, 0.717) is 13.1 Å². The summed E-state index contributed by atoms with van der Waals surface area (Å²) in [5.41, 5.74) is 0.177. The highest BCUT2D eigenvalue weighted by Crippen LogP contribution is 2.18. The Bertz CT molecular complexity index is 604. The van der Waals surface area contributed by atoms with Crippen molar-refractivity contribution in [1.29, 1.82) is 0 Å². The van der Waals surface area contributed by atoms with Gasteiger partial charge in [0.25, 0.3) is 0 Å². The summed E-state index contributed by atoms with van der Waals surface area (Å²) in [5.74, 6) is -1.05. The molecule has 0 spiro atoms. The molecule has 0 radical (unpaired) electrons. The Kier molecular flexibility index (Phi) is 5.18. The van der Waals surface area contributed by atoms with E-state index in [9.17, 15) is 8.78 Å². The van der Waals surface area contributed by atoms with Gasteiger partial charge in [0.2, 0.25) is 17.2 Å². The fourth-order valence-corrected chi connectivity index (χ4v) is 1.70. The first-order valence-electron chi connectivity index (χ1n) is 6.10. The van der Waals surface area contributed by atoms with Crippen molar-refractivity contribution < 1.29 is 8.78 Å². The molecule has 112 valence electrons. The van der Waals surface area contributed by atoms with Crippen LogP contribution in [0.15, 0.2) is 18.2 Å². The van der Waals surface area contributed by atoms with Crippen LogP contribution in [0.4, 0.5) is 26.4 Å². The van der Waals surface area contributed by atoms with Gasteiger partial charge in [0.15, 0.2) is 0 Å². The van der Waals surface area contributed by atoms with Crippen LogP contribution in [-0.4, -0.2) is 35.1 Å². The molecule has 0 bridgehead atoms. The number of likely N-dealkylation sites (N-methyl/N-ethyl adjacent to an activating group) is 1. The van der Waals surface area contributed by atoms with Crippen LogP contribution >= 0.6 is 11.6 Å². The van der Waals surface area contributed by atoms with Gasteiger partial charge in [-0.2, -0.15) is 15.0 Å². The topological polar surface area (TPSA) is 74.8 Å². The van der Waals surface area contributed by atoms with E-state index in [4.69, 9.17) is 11.6 Å². The fourth-order valence-electron chi connectivity index (χ4n) is 1.54. The molecular formula is C12H13ClF2N6. The standard InChI is InChI=1S/C12H13ClF2N6/c1-16-2-3-17-11-19-10(13)20-12(21-11)18-9-5-7(14)4-8(15)6-9/h4-6,16H,2-3H2,1H3,(H2,17,18,19,20,21). The normalized spacial score (nSPS) is 10.5. The Morgan fingerprint density at radius 2 is 1.67 bits per heavy atom. The second kappa shape index (κ2) is 7.09. The van der Waals surface area contributed by atoms with Gasteiger partial charge in [0.05, 0.1) is 0 Å². The molecule has 0 saturated carbocycles. The third kappa shape index (κ3) is 4.76. The summed E-state index contributed by atoms with van der Waals surface area (Å²) in [6.45, 7) is 1.30. The molecule has 0 aliphatic rings. The maximum Gasteiger partial charge on any atom is 0.233 e. The number of benzene rings is 1. The third-order valence-corrected chi connectivity index (χ3v) is 2.55. The van der Waals surface area contributed by atoms with Crippen LogP contribution < -0.4 is 16.0 Å². The molecule has 9 heteroatoms. The van der Waals surface area contributed by atoms with Crippen molar-refractivity contribution in [3.8, 4) is 0 Å². The largest absolute Gasteiger partial charge is 0.353 e. The van der Waals surface area contributed by atoms with Crippen LogP contribution in [0.5, 0.6) is 0 Å². The molecular weight excluding hydrogens is 302 g/mol. The molecule has 3 N–H and O–H groups in total.